The van der Waals surface area contributed by atoms with Crippen LogP contribution in [0.15, 0.2) is 60.8 Å². The van der Waals surface area contributed by atoms with Crippen LogP contribution >= 0.6 is 0 Å². The lowest BCUT2D eigenvalue weighted by molar-refractivity contribution is -0.121. The molecule has 0 saturated carbocycles. The minimum absolute atomic E-state index is 0.0864. The quantitative estimate of drug-likeness (QED) is 0.353. The number of ether oxygens (including phenoxy) is 5. The molecule has 1 aliphatic heterocycles. The van der Waals surface area contributed by atoms with Gasteiger partial charge in [-0.25, -0.2) is 0 Å². The molecule has 1 aromatic heterocycles. The maximum absolute atomic E-state index is 13.2. The zero-order valence-electron chi connectivity index (χ0n) is 20.4. The molecule has 2 N–H and O–H groups in total. The Balaban J connectivity index is 1.45. The summed E-state index contributed by atoms with van der Waals surface area (Å²) in [6.07, 6.45) is 2.17. The molecule has 36 heavy (non-hydrogen) atoms. The minimum atomic E-state index is -0.258. The molecule has 1 atom stereocenters. The Kier molecular flexibility index (Phi) is 6.58. The van der Waals surface area contributed by atoms with Gasteiger partial charge in [0, 0.05) is 36.0 Å². The summed E-state index contributed by atoms with van der Waals surface area (Å²) in [6.45, 7) is 0.595. The summed E-state index contributed by atoms with van der Waals surface area (Å²) in [5, 5.41) is 3.99. The van der Waals surface area contributed by atoms with Crippen LogP contribution in [-0.4, -0.2) is 39.0 Å². The van der Waals surface area contributed by atoms with Crippen LogP contribution in [0.25, 0.3) is 10.9 Å². The van der Waals surface area contributed by atoms with E-state index in [1.807, 2.05) is 60.8 Å². The SMILES string of the molecule is COc1ccc([C@@H](CC(=O)NCc2ccc3c(c2)OCO3)c2c[nH]c3cccc(OC)c23)cc1OC. The smallest absolute Gasteiger partial charge is 0.231 e. The van der Waals surface area contributed by atoms with Crippen molar-refractivity contribution in [3.8, 4) is 28.7 Å². The number of hydrogen-bond donors (Lipinski definition) is 2. The average molecular weight is 489 g/mol. The molecule has 5 rings (SSSR count). The van der Waals surface area contributed by atoms with Gasteiger partial charge in [-0.3, -0.25) is 4.79 Å². The third-order valence-electron chi connectivity index (χ3n) is 6.42. The molecule has 0 saturated heterocycles. The first-order valence-electron chi connectivity index (χ1n) is 11.6. The van der Waals surface area contributed by atoms with Crippen molar-refractivity contribution < 1.29 is 28.5 Å². The average Bonchev–Trinajstić information content (AvgIpc) is 3.57. The second kappa shape index (κ2) is 10.1. The molecule has 3 aromatic carbocycles. The van der Waals surface area contributed by atoms with Crippen LogP contribution in [0.3, 0.4) is 0 Å². The molecular weight excluding hydrogens is 460 g/mol. The van der Waals surface area contributed by atoms with Gasteiger partial charge in [0.2, 0.25) is 12.7 Å². The van der Waals surface area contributed by atoms with Gasteiger partial charge in [0.05, 0.1) is 21.3 Å². The standard InChI is InChI=1S/C28H28N2O6/c1-32-22-10-8-18(12-25(22)34-3)19(20-15-29-21-5-4-6-24(33-2)28(20)21)13-27(31)30-14-17-7-9-23-26(11-17)36-16-35-23/h4-12,15,19,29H,13-14,16H2,1-3H3,(H,30,31)/t19-/m1/s1. The Labute approximate surface area is 209 Å². The van der Waals surface area contributed by atoms with Crippen LogP contribution in [0.2, 0.25) is 0 Å². The first-order valence-corrected chi connectivity index (χ1v) is 11.6. The molecule has 8 nitrogen and oxygen atoms in total. The minimum Gasteiger partial charge on any atom is -0.496 e. The van der Waals surface area contributed by atoms with E-state index in [4.69, 9.17) is 23.7 Å². The summed E-state index contributed by atoms with van der Waals surface area (Å²) in [5.41, 5.74) is 3.77. The first kappa shape index (κ1) is 23.4. The number of carbonyl (C=O) groups excluding carboxylic acids is 1. The number of nitrogens with one attached hydrogen (secondary N) is 2. The predicted molar refractivity (Wildman–Crippen MR) is 135 cm³/mol. The molecule has 0 unspecified atom stereocenters. The topological polar surface area (TPSA) is 91.0 Å². The van der Waals surface area contributed by atoms with Gasteiger partial charge in [-0.2, -0.15) is 0 Å². The molecule has 8 heteroatoms. The van der Waals surface area contributed by atoms with Crippen molar-refractivity contribution in [1.29, 1.82) is 0 Å². The highest BCUT2D eigenvalue weighted by Crippen LogP contribution is 2.40. The van der Waals surface area contributed by atoms with E-state index in [1.54, 1.807) is 21.3 Å². The zero-order valence-corrected chi connectivity index (χ0v) is 20.4. The number of amides is 1. The number of methoxy groups -OCH3 is 3. The summed E-state index contributed by atoms with van der Waals surface area (Å²) in [6, 6.07) is 17.3. The predicted octanol–water partition coefficient (Wildman–Crippen LogP) is 4.76. The molecule has 0 spiro atoms. The van der Waals surface area contributed by atoms with E-state index in [-0.39, 0.29) is 25.0 Å². The van der Waals surface area contributed by atoms with Crippen molar-refractivity contribution in [2.75, 3.05) is 28.1 Å². The normalized spacial score (nSPS) is 12.9. The third kappa shape index (κ3) is 4.49. The number of benzene rings is 3. The molecule has 1 aliphatic rings. The fraction of sp³-hybridized carbons (Fsp3) is 0.250. The second-order valence-corrected chi connectivity index (χ2v) is 8.46. The zero-order chi connectivity index (χ0) is 25.1. The van der Waals surface area contributed by atoms with E-state index in [2.05, 4.69) is 10.3 Å². The Morgan fingerprint density at radius 2 is 1.75 bits per heavy atom. The molecule has 4 aromatic rings. The first-order chi connectivity index (χ1) is 17.6. The highest BCUT2D eigenvalue weighted by molar-refractivity contribution is 5.91. The Hall–Kier alpha value is -4.33. The van der Waals surface area contributed by atoms with E-state index in [9.17, 15) is 4.79 Å². The summed E-state index contributed by atoms with van der Waals surface area (Å²) in [4.78, 5) is 16.6. The Morgan fingerprint density at radius 1 is 0.944 bits per heavy atom. The summed E-state index contributed by atoms with van der Waals surface area (Å²) in [7, 11) is 4.85. The van der Waals surface area contributed by atoms with Gasteiger partial charge in [0.25, 0.3) is 0 Å². The van der Waals surface area contributed by atoms with E-state index >= 15 is 0 Å². The number of fused-ring (bicyclic) bond motifs is 2. The van der Waals surface area contributed by atoms with Gasteiger partial charge in [-0.15, -0.1) is 0 Å². The van der Waals surface area contributed by atoms with Crippen molar-refractivity contribution in [1.82, 2.24) is 10.3 Å². The van der Waals surface area contributed by atoms with E-state index in [0.717, 1.165) is 33.3 Å². The van der Waals surface area contributed by atoms with Crippen molar-refractivity contribution in [2.45, 2.75) is 18.9 Å². The van der Waals surface area contributed by atoms with Crippen molar-refractivity contribution >= 4 is 16.8 Å². The third-order valence-corrected chi connectivity index (χ3v) is 6.42. The molecule has 2 heterocycles. The van der Waals surface area contributed by atoms with Crippen LogP contribution < -0.4 is 29.0 Å². The number of H-pyrrole nitrogens is 1. The molecule has 0 fully saturated rings. The lowest BCUT2D eigenvalue weighted by atomic mass is 9.87. The van der Waals surface area contributed by atoms with Crippen LogP contribution in [0.5, 0.6) is 28.7 Å². The largest absolute Gasteiger partial charge is 0.496 e. The van der Waals surface area contributed by atoms with E-state index in [0.29, 0.717) is 29.5 Å². The van der Waals surface area contributed by atoms with Crippen LogP contribution in [0.1, 0.15) is 29.0 Å². The van der Waals surface area contributed by atoms with Gasteiger partial charge < -0.3 is 34.0 Å². The molecule has 0 bridgehead atoms. The lowest BCUT2D eigenvalue weighted by Gasteiger charge is -2.19. The van der Waals surface area contributed by atoms with Gasteiger partial charge in [0.1, 0.15) is 5.75 Å². The Morgan fingerprint density at radius 3 is 2.56 bits per heavy atom. The monoisotopic (exact) mass is 488 g/mol. The van der Waals surface area contributed by atoms with E-state index < -0.39 is 0 Å². The number of aromatic nitrogens is 1. The molecular formula is C28H28N2O6. The van der Waals surface area contributed by atoms with Gasteiger partial charge >= 0.3 is 0 Å². The van der Waals surface area contributed by atoms with Crippen LogP contribution in [0.4, 0.5) is 0 Å². The number of rotatable bonds is 9. The summed E-state index contributed by atoms with van der Waals surface area (Å²) in [5.74, 6) is 3.04. The van der Waals surface area contributed by atoms with Crippen molar-refractivity contribution in [3.63, 3.8) is 0 Å². The van der Waals surface area contributed by atoms with Gasteiger partial charge in [-0.1, -0.05) is 18.2 Å². The highest BCUT2D eigenvalue weighted by Gasteiger charge is 2.24. The van der Waals surface area contributed by atoms with Crippen LogP contribution in [0, 0.1) is 0 Å². The molecule has 186 valence electrons. The fourth-order valence-corrected chi connectivity index (χ4v) is 4.61. The number of carbonyl (C=O) groups is 1. The van der Waals surface area contributed by atoms with Gasteiger partial charge in [0.15, 0.2) is 23.0 Å². The lowest BCUT2D eigenvalue weighted by Crippen LogP contribution is -2.25. The maximum atomic E-state index is 13.2. The highest BCUT2D eigenvalue weighted by atomic mass is 16.7. The summed E-state index contributed by atoms with van der Waals surface area (Å²) >= 11 is 0. The molecule has 0 aliphatic carbocycles. The fourth-order valence-electron chi connectivity index (χ4n) is 4.61. The van der Waals surface area contributed by atoms with E-state index in [1.165, 1.54) is 0 Å². The molecule has 1 amide bonds. The summed E-state index contributed by atoms with van der Waals surface area (Å²) < 4.78 is 27.4. The second-order valence-electron chi connectivity index (χ2n) is 8.46. The molecule has 0 radical (unpaired) electrons. The maximum Gasteiger partial charge on any atom is 0.231 e. The van der Waals surface area contributed by atoms with Crippen molar-refractivity contribution in [2.24, 2.45) is 0 Å². The van der Waals surface area contributed by atoms with Crippen molar-refractivity contribution in [3.05, 3.63) is 77.5 Å². The number of hydrogen-bond acceptors (Lipinski definition) is 6. The number of aromatic amines is 1. The van der Waals surface area contributed by atoms with Crippen LogP contribution in [-0.2, 0) is 11.3 Å². The van der Waals surface area contributed by atoms with Gasteiger partial charge in [-0.05, 0) is 53.1 Å². The Bertz CT molecular complexity index is 1400.